The Balaban J connectivity index is 1.80. The topological polar surface area (TPSA) is 54.5 Å². The molecular formula is C22H37N3O2. The first-order valence-electron chi connectivity index (χ1n) is 10.5. The van der Waals surface area contributed by atoms with Gasteiger partial charge in [-0.3, -0.25) is 14.7 Å². The molecule has 1 aromatic heterocycles. The fraction of sp³-hybridized carbons (Fsp3) is 0.727. The summed E-state index contributed by atoms with van der Waals surface area (Å²) in [5.74, 6) is 1.70. The number of carbonyl (C=O) groups excluding carboxylic acids is 1. The Kier molecular flexibility index (Phi) is 9.05. The number of nitrogens with one attached hydrogen (secondary N) is 1. The van der Waals surface area contributed by atoms with Crippen molar-refractivity contribution in [2.24, 2.45) is 11.8 Å². The molecule has 1 fully saturated rings. The van der Waals surface area contributed by atoms with Crippen molar-refractivity contribution in [1.29, 1.82) is 0 Å². The van der Waals surface area contributed by atoms with E-state index in [1.165, 1.54) is 12.8 Å². The lowest BCUT2D eigenvalue weighted by atomic mass is 9.89. The third-order valence-electron chi connectivity index (χ3n) is 5.67. The summed E-state index contributed by atoms with van der Waals surface area (Å²) in [5, 5.41) is 3.33. The van der Waals surface area contributed by atoms with Crippen LogP contribution in [0.4, 0.5) is 0 Å². The second-order valence-corrected chi connectivity index (χ2v) is 8.09. The monoisotopic (exact) mass is 375 g/mol. The third kappa shape index (κ3) is 6.80. The van der Waals surface area contributed by atoms with Crippen LogP contribution in [0, 0.1) is 11.8 Å². The Labute approximate surface area is 164 Å². The van der Waals surface area contributed by atoms with Crippen LogP contribution in [0.15, 0.2) is 18.5 Å². The van der Waals surface area contributed by atoms with Crippen molar-refractivity contribution in [2.45, 2.75) is 71.9 Å². The maximum absolute atomic E-state index is 12.8. The molecule has 5 heteroatoms. The lowest BCUT2D eigenvalue weighted by Crippen LogP contribution is -2.46. The number of rotatable bonds is 10. The van der Waals surface area contributed by atoms with E-state index in [1.807, 2.05) is 12.3 Å². The maximum atomic E-state index is 12.8. The number of ether oxygens (including phenoxy) is 1. The van der Waals surface area contributed by atoms with Crippen molar-refractivity contribution in [3.05, 3.63) is 24.0 Å². The highest BCUT2D eigenvalue weighted by atomic mass is 16.5. The Hall–Kier alpha value is -1.62. The van der Waals surface area contributed by atoms with Gasteiger partial charge in [0, 0.05) is 49.6 Å². The van der Waals surface area contributed by atoms with Crippen LogP contribution in [0.3, 0.4) is 0 Å². The fourth-order valence-corrected chi connectivity index (χ4v) is 3.90. The molecule has 1 unspecified atom stereocenters. The molecule has 1 amide bonds. The van der Waals surface area contributed by atoms with E-state index in [0.717, 1.165) is 56.6 Å². The van der Waals surface area contributed by atoms with Gasteiger partial charge in [-0.2, -0.15) is 0 Å². The van der Waals surface area contributed by atoms with E-state index in [1.54, 1.807) is 13.3 Å². The van der Waals surface area contributed by atoms with Gasteiger partial charge in [-0.15, -0.1) is 0 Å². The van der Waals surface area contributed by atoms with E-state index >= 15 is 0 Å². The first kappa shape index (κ1) is 21.7. The lowest BCUT2D eigenvalue weighted by Gasteiger charge is -2.33. The number of hydrogen-bond donors (Lipinski definition) is 1. The smallest absolute Gasteiger partial charge is 0.223 e. The molecule has 1 aliphatic heterocycles. The minimum Gasteiger partial charge on any atom is -0.496 e. The SMILES string of the molecule is CCCCCC(C(=O)NC1CCN(Cc2cnccc2OC)CC1)C(C)C. The van der Waals surface area contributed by atoms with Gasteiger partial charge in [0.15, 0.2) is 0 Å². The van der Waals surface area contributed by atoms with Gasteiger partial charge >= 0.3 is 0 Å². The van der Waals surface area contributed by atoms with E-state index in [0.29, 0.717) is 12.0 Å². The van der Waals surface area contributed by atoms with Gasteiger partial charge in [0.25, 0.3) is 0 Å². The molecule has 1 atom stereocenters. The van der Waals surface area contributed by atoms with Crippen LogP contribution in [0.5, 0.6) is 5.75 Å². The molecule has 0 saturated carbocycles. The highest BCUT2D eigenvalue weighted by Crippen LogP contribution is 2.22. The zero-order chi connectivity index (χ0) is 19.6. The molecule has 2 rings (SSSR count). The molecule has 1 aliphatic rings. The number of aromatic nitrogens is 1. The van der Waals surface area contributed by atoms with Crippen LogP contribution in [-0.2, 0) is 11.3 Å². The molecule has 2 heterocycles. The molecule has 0 bridgehead atoms. The van der Waals surface area contributed by atoms with Crippen LogP contribution in [0.2, 0.25) is 0 Å². The van der Waals surface area contributed by atoms with Crippen molar-refractivity contribution in [2.75, 3.05) is 20.2 Å². The number of carbonyl (C=O) groups is 1. The molecule has 27 heavy (non-hydrogen) atoms. The summed E-state index contributed by atoms with van der Waals surface area (Å²) in [6.45, 7) is 9.37. The van der Waals surface area contributed by atoms with Crippen molar-refractivity contribution in [3.63, 3.8) is 0 Å². The molecule has 0 aromatic carbocycles. The number of methoxy groups -OCH3 is 1. The summed E-state index contributed by atoms with van der Waals surface area (Å²) in [6, 6.07) is 2.21. The highest BCUT2D eigenvalue weighted by Gasteiger charge is 2.26. The van der Waals surface area contributed by atoms with E-state index in [9.17, 15) is 4.79 Å². The maximum Gasteiger partial charge on any atom is 0.223 e. The van der Waals surface area contributed by atoms with Gasteiger partial charge in [-0.1, -0.05) is 40.0 Å². The zero-order valence-electron chi connectivity index (χ0n) is 17.5. The van der Waals surface area contributed by atoms with Gasteiger partial charge < -0.3 is 10.1 Å². The largest absolute Gasteiger partial charge is 0.496 e. The molecule has 1 aromatic rings. The number of hydrogen-bond acceptors (Lipinski definition) is 4. The fourth-order valence-electron chi connectivity index (χ4n) is 3.90. The first-order chi connectivity index (χ1) is 13.0. The summed E-state index contributed by atoms with van der Waals surface area (Å²) >= 11 is 0. The number of likely N-dealkylation sites (tertiary alicyclic amines) is 1. The van der Waals surface area contributed by atoms with E-state index < -0.39 is 0 Å². The summed E-state index contributed by atoms with van der Waals surface area (Å²) < 4.78 is 5.43. The second-order valence-electron chi connectivity index (χ2n) is 8.09. The van der Waals surface area contributed by atoms with Gasteiger partial charge in [-0.05, 0) is 31.2 Å². The predicted molar refractivity (Wildman–Crippen MR) is 110 cm³/mol. The van der Waals surface area contributed by atoms with Crippen LogP contribution >= 0.6 is 0 Å². The average Bonchev–Trinajstić information content (AvgIpc) is 2.67. The predicted octanol–water partition coefficient (Wildman–Crippen LogP) is 4.02. The molecule has 0 spiro atoms. The molecule has 1 N–H and O–H groups in total. The van der Waals surface area contributed by atoms with Gasteiger partial charge in [0.05, 0.1) is 7.11 Å². The number of pyridine rings is 1. The Bertz CT molecular complexity index is 568. The standard InChI is InChI=1S/C22H37N3O2/c1-5-6-7-8-20(17(2)3)22(26)24-19-10-13-25(14-11-19)16-18-15-23-12-9-21(18)27-4/h9,12,15,17,19-20H,5-8,10-11,13-14,16H2,1-4H3,(H,24,26). The molecule has 152 valence electrons. The third-order valence-corrected chi connectivity index (χ3v) is 5.67. The first-order valence-corrected chi connectivity index (χ1v) is 10.5. The molecule has 1 saturated heterocycles. The lowest BCUT2D eigenvalue weighted by molar-refractivity contribution is -0.127. The van der Waals surface area contributed by atoms with Gasteiger partial charge in [-0.25, -0.2) is 0 Å². The number of piperidine rings is 1. The number of amides is 1. The highest BCUT2D eigenvalue weighted by molar-refractivity contribution is 5.79. The molecule has 0 radical (unpaired) electrons. The minimum absolute atomic E-state index is 0.147. The van der Waals surface area contributed by atoms with Gasteiger partial charge in [0.2, 0.25) is 5.91 Å². The summed E-state index contributed by atoms with van der Waals surface area (Å²) in [7, 11) is 1.70. The van der Waals surface area contributed by atoms with Crippen LogP contribution in [0.25, 0.3) is 0 Å². The summed E-state index contributed by atoms with van der Waals surface area (Å²) in [6.07, 6.45) is 10.2. The van der Waals surface area contributed by atoms with Crippen molar-refractivity contribution >= 4 is 5.91 Å². The van der Waals surface area contributed by atoms with Crippen LogP contribution in [0.1, 0.15) is 64.9 Å². The zero-order valence-corrected chi connectivity index (χ0v) is 17.5. The van der Waals surface area contributed by atoms with E-state index in [2.05, 4.69) is 36.0 Å². The molecular weight excluding hydrogens is 338 g/mol. The minimum atomic E-state index is 0.147. The van der Waals surface area contributed by atoms with E-state index in [4.69, 9.17) is 4.74 Å². The quantitative estimate of drug-likeness (QED) is 0.628. The summed E-state index contributed by atoms with van der Waals surface area (Å²) in [4.78, 5) is 19.4. The second kappa shape index (κ2) is 11.3. The average molecular weight is 376 g/mol. The number of nitrogens with zero attached hydrogens (tertiary/aromatic N) is 2. The van der Waals surface area contributed by atoms with Gasteiger partial charge in [0.1, 0.15) is 5.75 Å². The van der Waals surface area contributed by atoms with Crippen LogP contribution in [-0.4, -0.2) is 42.0 Å². The Morgan fingerprint density at radius 2 is 2.07 bits per heavy atom. The molecule has 5 nitrogen and oxygen atoms in total. The Morgan fingerprint density at radius 1 is 1.33 bits per heavy atom. The Morgan fingerprint density at radius 3 is 2.70 bits per heavy atom. The van der Waals surface area contributed by atoms with E-state index in [-0.39, 0.29) is 11.8 Å². The summed E-state index contributed by atoms with van der Waals surface area (Å²) in [5.41, 5.74) is 1.12. The van der Waals surface area contributed by atoms with Crippen molar-refractivity contribution in [3.8, 4) is 5.75 Å². The van der Waals surface area contributed by atoms with Crippen molar-refractivity contribution in [1.82, 2.24) is 15.2 Å². The van der Waals surface area contributed by atoms with Crippen LogP contribution < -0.4 is 10.1 Å². The number of unbranched alkanes of at least 4 members (excludes halogenated alkanes) is 2. The normalized spacial score (nSPS) is 17.1. The molecule has 0 aliphatic carbocycles. The van der Waals surface area contributed by atoms with Crippen molar-refractivity contribution < 1.29 is 9.53 Å².